The molecule has 3 rings (SSSR count). The molecule has 3 heterocycles. The van der Waals surface area contributed by atoms with Gasteiger partial charge in [0.1, 0.15) is 0 Å². The molecule has 29 heavy (non-hydrogen) atoms. The Kier molecular flexibility index (Phi) is 7.25. The van der Waals surface area contributed by atoms with Crippen LogP contribution >= 0.6 is 0 Å². The highest BCUT2D eigenvalue weighted by Gasteiger charge is 2.37. The van der Waals surface area contributed by atoms with Gasteiger partial charge in [-0.1, -0.05) is 12.1 Å². The summed E-state index contributed by atoms with van der Waals surface area (Å²) >= 11 is 0. The van der Waals surface area contributed by atoms with Gasteiger partial charge in [0, 0.05) is 58.5 Å². The normalized spacial score (nSPS) is 24.7. The van der Waals surface area contributed by atoms with Gasteiger partial charge in [0.15, 0.2) is 5.82 Å². The lowest BCUT2D eigenvalue weighted by molar-refractivity contribution is -0.132. The van der Waals surface area contributed by atoms with Crippen LogP contribution in [0.1, 0.15) is 45.3 Å². The van der Waals surface area contributed by atoms with Gasteiger partial charge in [0.25, 0.3) is 10.2 Å². The first-order valence-corrected chi connectivity index (χ1v) is 11.7. The third kappa shape index (κ3) is 5.53. The Bertz CT molecular complexity index is 780. The molecule has 0 bridgehead atoms. The van der Waals surface area contributed by atoms with Gasteiger partial charge in [-0.25, -0.2) is 0 Å². The minimum atomic E-state index is -3.54. The van der Waals surface area contributed by atoms with Crippen LogP contribution in [0.2, 0.25) is 0 Å². The fourth-order valence-corrected chi connectivity index (χ4v) is 5.49. The molecule has 0 aromatic carbocycles. The standard InChI is InChI=1S/C18H31N5O5S/c1-4-5-16-19-17(28-20-16)6-7-18(24)21-8-10-22(11-9-21)29(25,26)23-12-14(2)27-15(3)13-23/h14-15H,4-13H2,1-3H3. The molecule has 0 aliphatic carbocycles. The van der Waals surface area contributed by atoms with E-state index in [0.717, 1.165) is 12.8 Å². The third-order valence-corrected chi connectivity index (χ3v) is 7.13. The van der Waals surface area contributed by atoms with Crippen LogP contribution in [0.15, 0.2) is 4.52 Å². The number of carbonyl (C=O) groups is 1. The van der Waals surface area contributed by atoms with Gasteiger partial charge in [-0.3, -0.25) is 4.79 Å². The molecule has 2 atom stereocenters. The average Bonchev–Trinajstić information content (AvgIpc) is 3.13. The molecule has 164 valence electrons. The van der Waals surface area contributed by atoms with Gasteiger partial charge in [-0.05, 0) is 20.3 Å². The molecule has 1 aromatic heterocycles. The van der Waals surface area contributed by atoms with E-state index in [1.165, 1.54) is 8.61 Å². The van der Waals surface area contributed by atoms with Crippen LogP contribution in [0.5, 0.6) is 0 Å². The lowest BCUT2D eigenvalue weighted by Crippen LogP contribution is -2.57. The summed E-state index contributed by atoms with van der Waals surface area (Å²) in [6.45, 7) is 7.89. The van der Waals surface area contributed by atoms with Crippen molar-refractivity contribution in [3.05, 3.63) is 11.7 Å². The van der Waals surface area contributed by atoms with E-state index in [4.69, 9.17) is 9.26 Å². The molecule has 0 radical (unpaired) electrons. The summed E-state index contributed by atoms with van der Waals surface area (Å²) in [7, 11) is -3.54. The Morgan fingerprint density at radius 1 is 1.07 bits per heavy atom. The number of hydrogen-bond donors (Lipinski definition) is 0. The SMILES string of the molecule is CCCc1noc(CCC(=O)N2CCN(S(=O)(=O)N3CC(C)OC(C)C3)CC2)n1. The third-order valence-electron chi connectivity index (χ3n) is 5.17. The fraction of sp³-hybridized carbons (Fsp3) is 0.833. The minimum absolute atomic E-state index is 0.0223. The van der Waals surface area contributed by atoms with Crippen molar-refractivity contribution in [3.63, 3.8) is 0 Å². The first-order chi connectivity index (χ1) is 13.8. The van der Waals surface area contributed by atoms with Gasteiger partial charge in [-0.15, -0.1) is 0 Å². The maximum absolute atomic E-state index is 12.9. The van der Waals surface area contributed by atoms with E-state index >= 15 is 0 Å². The van der Waals surface area contributed by atoms with E-state index in [-0.39, 0.29) is 24.5 Å². The van der Waals surface area contributed by atoms with Crippen LogP contribution in [0, 0.1) is 0 Å². The van der Waals surface area contributed by atoms with Crippen LogP contribution < -0.4 is 0 Å². The average molecular weight is 430 g/mol. The summed E-state index contributed by atoms with van der Waals surface area (Å²) in [5.41, 5.74) is 0. The Balaban J connectivity index is 1.48. The van der Waals surface area contributed by atoms with Crippen LogP contribution in [0.25, 0.3) is 0 Å². The second kappa shape index (κ2) is 9.50. The molecule has 2 unspecified atom stereocenters. The summed E-state index contributed by atoms with van der Waals surface area (Å²) < 4.78 is 39.6. The molecule has 0 N–H and O–H groups in total. The van der Waals surface area contributed by atoms with Crippen molar-refractivity contribution in [1.82, 2.24) is 23.7 Å². The number of hydrogen-bond acceptors (Lipinski definition) is 7. The van der Waals surface area contributed by atoms with Gasteiger partial charge < -0.3 is 14.2 Å². The molecule has 1 amide bonds. The molecule has 1 aromatic rings. The predicted octanol–water partition coefficient (Wildman–Crippen LogP) is 0.453. The van der Waals surface area contributed by atoms with Crippen molar-refractivity contribution in [1.29, 1.82) is 0 Å². The molecule has 2 aliphatic rings. The van der Waals surface area contributed by atoms with E-state index in [9.17, 15) is 13.2 Å². The highest BCUT2D eigenvalue weighted by molar-refractivity contribution is 7.86. The lowest BCUT2D eigenvalue weighted by Gasteiger charge is -2.40. The second-order valence-corrected chi connectivity index (χ2v) is 9.64. The monoisotopic (exact) mass is 429 g/mol. The topological polar surface area (TPSA) is 109 Å². The first kappa shape index (κ1) is 22.1. The number of amides is 1. The first-order valence-electron chi connectivity index (χ1n) is 10.3. The van der Waals surface area contributed by atoms with E-state index in [1.807, 2.05) is 20.8 Å². The number of rotatable bonds is 7. The van der Waals surface area contributed by atoms with Crippen molar-refractivity contribution >= 4 is 16.1 Å². The van der Waals surface area contributed by atoms with Crippen molar-refractivity contribution in [2.75, 3.05) is 39.3 Å². The zero-order valence-electron chi connectivity index (χ0n) is 17.4. The smallest absolute Gasteiger partial charge is 0.282 e. The number of ether oxygens (including phenoxy) is 1. The van der Waals surface area contributed by atoms with E-state index < -0.39 is 10.2 Å². The van der Waals surface area contributed by atoms with Crippen molar-refractivity contribution < 1.29 is 22.5 Å². The summed E-state index contributed by atoms with van der Waals surface area (Å²) in [6.07, 6.45) is 2.12. The number of carbonyl (C=O) groups excluding carboxylic acids is 1. The Hall–Kier alpha value is -1.56. The number of aromatic nitrogens is 2. The Morgan fingerprint density at radius 3 is 2.34 bits per heavy atom. The number of nitrogens with zero attached hydrogens (tertiary/aromatic N) is 5. The fourth-order valence-electron chi connectivity index (χ4n) is 3.74. The maximum Gasteiger partial charge on any atom is 0.282 e. The summed E-state index contributed by atoms with van der Waals surface area (Å²) in [4.78, 5) is 18.5. The number of piperazine rings is 1. The van der Waals surface area contributed by atoms with Crippen LogP contribution in [0.3, 0.4) is 0 Å². The molecule has 2 saturated heterocycles. The maximum atomic E-state index is 12.9. The predicted molar refractivity (Wildman–Crippen MR) is 105 cm³/mol. The molecule has 0 spiro atoms. The Morgan fingerprint density at radius 2 is 1.72 bits per heavy atom. The summed E-state index contributed by atoms with van der Waals surface area (Å²) in [5.74, 6) is 1.12. The van der Waals surface area contributed by atoms with Gasteiger partial charge in [0.2, 0.25) is 11.8 Å². The van der Waals surface area contributed by atoms with E-state index in [0.29, 0.717) is 57.4 Å². The van der Waals surface area contributed by atoms with Crippen molar-refractivity contribution in [2.24, 2.45) is 0 Å². The highest BCUT2D eigenvalue weighted by Crippen LogP contribution is 2.19. The summed E-state index contributed by atoms with van der Waals surface area (Å²) in [5, 5.41) is 3.89. The molecule has 10 nitrogen and oxygen atoms in total. The van der Waals surface area contributed by atoms with Crippen LogP contribution in [-0.2, 0) is 32.6 Å². The summed E-state index contributed by atoms with van der Waals surface area (Å²) in [6, 6.07) is 0. The minimum Gasteiger partial charge on any atom is -0.373 e. The molecule has 2 fully saturated rings. The largest absolute Gasteiger partial charge is 0.373 e. The zero-order valence-corrected chi connectivity index (χ0v) is 18.2. The molecule has 2 aliphatic heterocycles. The van der Waals surface area contributed by atoms with Gasteiger partial charge in [0.05, 0.1) is 12.2 Å². The van der Waals surface area contributed by atoms with Crippen LogP contribution in [0.4, 0.5) is 0 Å². The zero-order chi connectivity index (χ0) is 21.0. The second-order valence-electron chi connectivity index (χ2n) is 7.72. The number of aryl methyl sites for hydroxylation is 2. The molecule has 11 heteroatoms. The number of morpholine rings is 1. The quantitative estimate of drug-likeness (QED) is 0.619. The van der Waals surface area contributed by atoms with Gasteiger partial charge >= 0.3 is 0 Å². The molecular weight excluding hydrogens is 398 g/mol. The van der Waals surface area contributed by atoms with E-state index in [2.05, 4.69) is 10.1 Å². The molecule has 0 saturated carbocycles. The Labute approximate surface area is 172 Å². The highest BCUT2D eigenvalue weighted by atomic mass is 32.2. The van der Waals surface area contributed by atoms with Crippen molar-refractivity contribution in [3.8, 4) is 0 Å². The lowest BCUT2D eigenvalue weighted by atomic mass is 10.2. The van der Waals surface area contributed by atoms with Crippen molar-refractivity contribution in [2.45, 2.75) is 58.7 Å². The van der Waals surface area contributed by atoms with Crippen LogP contribution in [-0.4, -0.2) is 89.5 Å². The van der Waals surface area contributed by atoms with E-state index in [1.54, 1.807) is 4.90 Å². The molecular formula is C18H31N5O5S. The van der Waals surface area contributed by atoms with Gasteiger partial charge in [-0.2, -0.15) is 22.0 Å².